The number of nitrogens with one attached hydrogen (secondary N) is 3. The van der Waals surface area contributed by atoms with Crippen LogP contribution in [0.15, 0.2) is 12.7 Å². The van der Waals surface area contributed by atoms with Gasteiger partial charge in [-0.15, -0.1) is 6.58 Å². The minimum absolute atomic E-state index is 0.207. The number of nitrogens with zero attached hydrogens (tertiary/aromatic N) is 1. The van der Waals surface area contributed by atoms with E-state index in [0.29, 0.717) is 32.5 Å². The Kier molecular flexibility index (Phi) is 5.54. The van der Waals surface area contributed by atoms with Crippen molar-refractivity contribution in [1.29, 1.82) is 0 Å². The number of imide groups is 1. The van der Waals surface area contributed by atoms with Crippen molar-refractivity contribution >= 4 is 18.0 Å². The second-order valence-electron chi connectivity index (χ2n) is 4.85. The highest BCUT2D eigenvalue weighted by molar-refractivity contribution is 6.06. The summed E-state index contributed by atoms with van der Waals surface area (Å²) in [7, 11) is 0. The Bertz CT molecular complexity index is 410. The molecule has 0 aromatic heterocycles. The van der Waals surface area contributed by atoms with E-state index in [-0.39, 0.29) is 18.0 Å². The van der Waals surface area contributed by atoms with E-state index in [2.05, 4.69) is 22.5 Å². The molecule has 1 aliphatic rings. The fourth-order valence-corrected chi connectivity index (χ4v) is 1.86. The van der Waals surface area contributed by atoms with Crippen LogP contribution in [0, 0.1) is 0 Å². The Labute approximate surface area is 118 Å². The molecule has 7 nitrogen and oxygen atoms in total. The summed E-state index contributed by atoms with van der Waals surface area (Å²) in [5, 5.41) is 7.89. The molecule has 1 atom stereocenters. The monoisotopic (exact) mass is 282 g/mol. The molecule has 5 amide bonds. The molecule has 1 fully saturated rings. The van der Waals surface area contributed by atoms with E-state index in [0.717, 1.165) is 0 Å². The summed E-state index contributed by atoms with van der Waals surface area (Å²) in [5.41, 5.74) is -0.800. The van der Waals surface area contributed by atoms with Gasteiger partial charge >= 0.3 is 12.1 Å². The fraction of sp³-hybridized carbons (Fsp3) is 0.615. The van der Waals surface area contributed by atoms with E-state index in [1.54, 1.807) is 13.0 Å². The summed E-state index contributed by atoms with van der Waals surface area (Å²) in [6, 6.07) is -0.657. The van der Waals surface area contributed by atoms with Gasteiger partial charge in [-0.25, -0.2) is 9.59 Å². The Morgan fingerprint density at radius 3 is 2.70 bits per heavy atom. The third-order valence-electron chi connectivity index (χ3n) is 3.30. The van der Waals surface area contributed by atoms with Crippen LogP contribution in [0.5, 0.6) is 0 Å². The van der Waals surface area contributed by atoms with Gasteiger partial charge < -0.3 is 16.0 Å². The van der Waals surface area contributed by atoms with E-state index in [4.69, 9.17) is 0 Å². The quantitative estimate of drug-likeness (QED) is 0.362. The van der Waals surface area contributed by atoms with Crippen molar-refractivity contribution in [3.8, 4) is 0 Å². The van der Waals surface area contributed by atoms with Crippen molar-refractivity contribution in [1.82, 2.24) is 20.9 Å². The first kappa shape index (κ1) is 16.0. The molecule has 1 unspecified atom stereocenters. The van der Waals surface area contributed by atoms with Gasteiger partial charge in [0.05, 0.1) is 0 Å². The molecule has 0 aromatic rings. The first-order chi connectivity index (χ1) is 9.44. The Balaban J connectivity index is 2.32. The zero-order valence-electron chi connectivity index (χ0n) is 12.0. The molecule has 0 spiro atoms. The van der Waals surface area contributed by atoms with Crippen molar-refractivity contribution in [2.24, 2.45) is 0 Å². The van der Waals surface area contributed by atoms with Gasteiger partial charge in [0.15, 0.2) is 0 Å². The SMILES string of the molecule is C=CCNC(=O)NCCCN1C(=O)NC(C)(CC)C1=O. The summed E-state index contributed by atoms with van der Waals surface area (Å²) in [4.78, 5) is 36.2. The Morgan fingerprint density at radius 1 is 1.45 bits per heavy atom. The Morgan fingerprint density at radius 2 is 2.15 bits per heavy atom. The maximum Gasteiger partial charge on any atom is 0.325 e. The van der Waals surface area contributed by atoms with Crippen LogP contribution in [0.2, 0.25) is 0 Å². The van der Waals surface area contributed by atoms with E-state index in [1.807, 2.05) is 6.92 Å². The number of carbonyl (C=O) groups excluding carboxylic acids is 3. The molecular formula is C13H22N4O3. The number of hydrogen-bond acceptors (Lipinski definition) is 3. The minimum Gasteiger partial charge on any atom is -0.338 e. The highest BCUT2D eigenvalue weighted by Gasteiger charge is 2.45. The maximum absolute atomic E-state index is 12.1. The van der Waals surface area contributed by atoms with Gasteiger partial charge in [0.2, 0.25) is 0 Å². The highest BCUT2D eigenvalue weighted by atomic mass is 16.2. The number of hydrogen-bond donors (Lipinski definition) is 3. The van der Waals surface area contributed by atoms with Crippen LogP contribution in [0.3, 0.4) is 0 Å². The van der Waals surface area contributed by atoms with Gasteiger partial charge in [-0.05, 0) is 19.8 Å². The van der Waals surface area contributed by atoms with E-state index >= 15 is 0 Å². The molecule has 0 radical (unpaired) electrons. The molecule has 0 bridgehead atoms. The minimum atomic E-state index is -0.800. The van der Waals surface area contributed by atoms with Crippen molar-refractivity contribution in [2.45, 2.75) is 32.2 Å². The lowest BCUT2D eigenvalue weighted by Gasteiger charge is -2.19. The van der Waals surface area contributed by atoms with Crippen LogP contribution in [-0.4, -0.2) is 48.0 Å². The molecule has 112 valence electrons. The van der Waals surface area contributed by atoms with E-state index in [9.17, 15) is 14.4 Å². The van der Waals surface area contributed by atoms with Gasteiger partial charge in [0.1, 0.15) is 5.54 Å². The maximum atomic E-state index is 12.1. The molecule has 1 heterocycles. The van der Waals surface area contributed by atoms with E-state index in [1.165, 1.54) is 4.90 Å². The predicted octanol–water partition coefficient (Wildman–Crippen LogP) is 0.582. The lowest BCUT2D eigenvalue weighted by molar-refractivity contribution is -0.130. The molecule has 1 rings (SSSR count). The average molecular weight is 282 g/mol. The van der Waals surface area contributed by atoms with Crippen LogP contribution in [-0.2, 0) is 4.79 Å². The van der Waals surface area contributed by atoms with Crippen LogP contribution in [0.1, 0.15) is 26.7 Å². The molecule has 1 aliphatic heterocycles. The molecule has 20 heavy (non-hydrogen) atoms. The molecule has 0 saturated carbocycles. The number of urea groups is 2. The number of carbonyl (C=O) groups is 3. The summed E-state index contributed by atoms with van der Waals surface area (Å²) in [5.74, 6) is -0.207. The third kappa shape index (κ3) is 3.72. The molecule has 1 saturated heterocycles. The molecule has 7 heteroatoms. The van der Waals surface area contributed by atoms with Crippen LogP contribution < -0.4 is 16.0 Å². The predicted molar refractivity (Wildman–Crippen MR) is 75.2 cm³/mol. The Hall–Kier alpha value is -2.05. The van der Waals surface area contributed by atoms with Crippen molar-refractivity contribution in [3.63, 3.8) is 0 Å². The number of rotatable bonds is 7. The van der Waals surface area contributed by atoms with Gasteiger partial charge in [-0.1, -0.05) is 13.0 Å². The molecule has 0 aromatic carbocycles. The first-order valence-electron chi connectivity index (χ1n) is 6.71. The molecule has 0 aliphatic carbocycles. The molecule has 3 N–H and O–H groups in total. The summed E-state index contributed by atoms with van der Waals surface area (Å²) < 4.78 is 0. The van der Waals surface area contributed by atoms with Crippen LogP contribution >= 0.6 is 0 Å². The number of amides is 5. The zero-order chi connectivity index (χ0) is 15.2. The summed E-state index contributed by atoms with van der Waals surface area (Å²) >= 11 is 0. The fourth-order valence-electron chi connectivity index (χ4n) is 1.86. The summed E-state index contributed by atoms with van der Waals surface area (Å²) in [6.07, 6.45) is 2.65. The lowest BCUT2D eigenvalue weighted by Crippen LogP contribution is -2.43. The largest absolute Gasteiger partial charge is 0.338 e. The first-order valence-corrected chi connectivity index (χ1v) is 6.71. The van der Waals surface area contributed by atoms with Crippen LogP contribution in [0.4, 0.5) is 9.59 Å². The normalized spacial score (nSPS) is 21.6. The van der Waals surface area contributed by atoms with Crippen molar-refractivity contribution in [2.75, 3.05) is 19.6 Å². The van der Waals surface area contributed by atoms with Crippen molar-refractivity contribution in [3.05, 3.63) is 12.7 Å². The molecular weight excluding hydrogens is 260 g/mol. The van der Waals surface area contributed by atoms with Crippen molar-refractivity contribution < 1.29 is 14.4 Å². The smallest absolute Gasteiger partial charge is 0.325 e. The van der Waals surface area contributed by atoms with Gasteiger partial charge in [-0.3, -0.25) is 9.69 Å². The highest BCUT2D eigenvalue weighted by Crippen LogP contribution is 2.20. The van der Waals surface area contributed by atoms with Gasteiger partial charge in [0.25, 0.3) is 5.91 Å². The third-order valence-corrected chi connectivity index (χ3v) is 3.30. The van der Waals surface area contributed by atoms with E-state index < -0.39 is 5.54 Å². The van der Waals surface area contributed by atoms with Crippen LogP contribution in [0.25, 0.3) is 0 Å². The lowest BCUT2D eigenvalue weighted by atomic mass is 9.99. The average Bonchev–Trinajstić information content (AvgIpc) is 2.64. The second kappa shape index (κ2) is 6.93. The second-order valence-corrected chi connectivity index (χ2v) is 4.85. The topological polar surface area (TPSA) is 90.5 Å². The zero-order valence-corrected chi connectivity index (χ0v) is 12.0. The van der Waals surface area contributed by atoms with Gasteiger partial charge in [0, 0.05) is 19.6 Å². The standard InChI is InChI=1S/C13H22N4O3/c1-4-7-14-11(19)15-8-6-9-17-10(18)13(3,5-2)16-12(17)20/h4H,1,5-9H2,2-3H3,(H,16,20)(H2,14,15,19). The van der Waals surface area contributed by atoms with Gasteiger partial charge in [-0.2, -0.15) is 0 Å². The summed E-state index contributed by atoms with van der Waals surface area (Å²) in [6.45, 7) is 8.14.